The van der Waals surface area contributed by atoms with Crippen LogP contribution < -0.4 is 15.4 Å². The number of ether oxygens (including phenoxy) is 1. The summed E-state index contributed by atoms with van der Waals surface area (Å²) in [7, 11) is 1.58. The third-order valence-corrected chi connectivity index (χ3v) is 4.16. The van der Waals surface area contributed by atoms with Crippen molar-refractivity contribution in [2.75, 3.05) is 12.4 Å². The largest absolute Gasteiger partial charge is 0.497 e. The number of carbonyl (C=O) groups is 1. The molecule has 1 heterocycles. The number of thiazole rings is 1. The van der Waals surface area contributed by atoms with Crippen LogP contribution in [-0.4, -0.2) is 18.1 Å². The third kappa shape index (κ3) is 3.60. The average Bonchev–Trinajstić information content (AvgIpc) is 2.96. The van der Waals surface area contributed by atoms with Gasteiger partial charge in [-0.05, 0) is 23.8 Å². The number of carbonyl (C=O) groups excluding carboxylic acids is 1. The molecule has 2 N–H and O–H groups in total. The van der Waals surface area contributed by atoms with Crippen molar-refractivity contribution in [3.63, 3.8) is 0 Å². The van der Waals surface area contributed by atoms with E-state index in [2.05, 4.69) is 15.6 Å². The molecule has 3 aromatic rings. The number of benzene rings is 2. The molecule has 2 aromatic carbocycles. The Balaban J connectivity index is 1.63. The highest BCUT2D eigenvalue weighted by molar-refractivity contribution is 7.22. The summed E-state index contributed by atoms with van der Waals surface area (Å²) in [6, 6.07) is 8.70. The van der Waals surface area contributed by atoms with Gasteiger partial charge in [0.1, 0.15) is 17.1 Å². The Morgan fingerprint density at radius 1 is 1.25 bits per heavy atom. The molecule has 5 nitrogen and oxygen atoms in total. The number of hydrogen-bond donors (Lipinski definition) is 2. The van der Waals surface area contributed by atoms with Crippen LogP contribution in [0.2, 0.25) is 0 Å². The number of amides is 2. The van der Waals surface area contributed by atoms with E-state index >= 15 is 0 Å². The molecule has 0 aliphatic rings. The van der Waals surface area contributed by atoms with Crippen LogP contribution in [0, 0.1) is 11.6 Å². The summed E-state index contributed by atoms with van der Waals surface area (Å²) in [5.74, 6) is -0.709. The fourth-order valence-electron chi connectivity index (χ4n) is 2.08. The first kappa shape index (κ1) is 16.1. The van der Waals surface area contributed by atoms with Crippen molar-refractivity contribution < 1.29 is 18.3 Å². The summed E-state index contributed by atoms with van der Waals surface area (Å²) in [5, 5.41) is 5.37. The second-order valence-corrected chi connectivity index (χ2v) is 5.94. The lowest BCUT2D eigenvalue weighted by atomic mass is 10.2. The summed E-state index contributed by atoms with van der Waals surface area (Å²) >= 11 is 1.00. The maximum absolute atomic E-state index is 13.6. The van der Waals surface area contributed by atoms with Gasteiger partial charge >= 0.3 is 6.03 Å². The van der Waals surface area contributed by atoms with E-state index in [1.807, 2.05) is 12.1 Å². The number of fused-ring (bicyclic) bond motifs is 1. The number of rotatable bonds is 4. The molecule has 0 saturated carbocycles. The van der Waals surface area contributed by atoms with Crippen molar-refractivity contribution in [1.29, 1.82) is 0 Å². The van der Waals surface area contributed by atoms with Crippen LogP contribution >= 0.6 is 11.3 Å². The fourth-order valence-corrected chi connectivity index (χ4v) is 2.98. The fraction of sp³-hybridized carbons (Fsp3) is 0.125. The van der Waals surface area contributed by atoms with Crippen LogP contribution in [0.5, 0.6) is 5.75 Å². The van der Waals surface area contributed by atoms with E-state index in [4.69, 9.17) is 4.74 Å². The Bertz CT molecular complexity index is 881. The highest BCUT2D eigenvalue weighted by Crippen LogP contribution is 2.28. The summed E-state index contributed by atoms with van der Waals surface area (Å²) in [6.45, 7) is 0.309. The van der Waals surface area contributed by atoms with Gasteiger partial charge in [-0.3, -0.25) is 5.32 Å². The minimum Gasteiger partial charge on any atom is -0.497 e. The standard InChI is InChI=1S/C16H13F2N3O2S/c1-23-11-4-2-9(3-5-11)8-19-15(22)21-16-20-14-12(18)6-10(17)7-13(14)24-16/h2-7H,8H2,1H3,(H2,19,20,21,22). The molecule has 0 fully saturated rings. The number of anilines is 1. The van der Waals surface area contributed by atoms with Gasteiger partial charge in [0.25, 0.3) is 0 Å². The molecular formula is C16H13F2N3O2S. The van der Waals surface area contributed by atoms with Crippen molar-refractivity contribution in [1.82, 2.24) is 10.3 Å². The van der Waals surface area contributed by atoms with Gasteiger partial charge in [0.15, 0.2) is 10.9 Å². The van der Waals surface area contributed by atoms with Crippen LogP contribution in [0.15, 0.2) is 36.4 Å². The number of halogens is 2. The van der Waals surface area contributed by atoms with Crippen molar-refractivity contribution in [3.05, 3.63) is 53.6 Å². The van der Waals surface area contributed by atoms with Gasteiger partial charge in [-0.25, -0.2) is 18.6 Å². The smallest absolute Gasteiger partial charge is 0.321 e. The molecule has 0 bridgehead atoms. The second kappa shape index (κ2) is 6.79. The Morgan fingerprint density at radius 3 is 2.71 bits per heavy atom. The van der Waals surface area contributed by atoms with E-state index in [0.29, 0.717) is 11.2 Å². The quantitative estimate of drug-likeness (QED) is 0.751. The number of urea groups is 1. The van der Waals surface area contributed by atoms with Crippen LogP contribution in [0.3, 0.4) is 0 Å². The third-order valence-electron chi connectivity index (χ3n) is 3.25. The number of hydrogen-bond acceptors (Lipinski definition) is 4. The Hall–Kier alpha value is -2.74. The Kier molecular flexibility index (Phi) is 4.57. The topological polar surface area (TPSA) is 63.2 Å². The SMILES string of the molecule is COc1ccc(CNC(=O)Nc2nc3c(F)cc(F)cc3s2)cc1. The molecule has 2 amide bonds. The maximum Gasteiger partial charge on any atom is 0.321 e. The molecule has 8 heteroatoms. The van der Waals surface area contributed by atoms with Gasteiger partial charge < -0.3 is 10.1 Å². The lowest BCUT2D eigenvalue weighted by Crippen LogP contribution is -2.28. The first-order valence-corrected chi connectivity index (χ1v) is 7.80. The van der Waals surface area contributed by atoms with E-state index in [1.165, 1.54) is 6.07 Å². The second-order valence-electron chi connectivity index (χ2n) is 4.91. The first-order chi connectivity index (χ1) is 11.5. The van der Waals surface area contributed by atoms with E-state index in [-0.39, 0.29) is 10.6 Å². The molecule has 1 aromatic heterocycles. The normalized spacial score (nSPS) is 10.6. The van der Waals surface area contributed by atoms with Crippen molar-refractivity contribution in [3.8, 4) is 5.75 Å². The molecule has 0 aliphatic carbocycles. The van der Waals surface area contributed by atoms with Gasteiger partial charge in [0, 0.05) is 12.6 Å². The molecule has 0 spiro atoms. The highest BCUT2D eigenvalue weighted by Gasteiger charge is 2.12. The lowest BCUT2D eigenvalue weighted by molar-refractivity contribution is 0.251. The molecule has 0 radical (unpaired) electrons. The van der Waals surface area contributed by atoms with E-state index in [0.717, 1.165) is 28.7 Å². The minimum atomic E-state index is -0.757. The first-order valence-electron chi connectivity index (χ1n) is 6.98. The van der Waals surface area contributed by atoms with E-state index in [9.17, 15) is 13.6 Å². The summed E-state index contributed by atoms with van der Waals surface area (Å²) in [6.07, 6.45) is 0. The number of nitrogens with zero attached hydrogens (tertiary/aromatic N) is 1. The van der Waals surface area contributed by atoms with E-state index < -0.39 is 17.7 Å². The molecule has 3 rings (SSSR count). The molecule has 0 saturated heterocycles. The Labute approximate surface area is 140 Å². The van der Waals surface area contributed by atoms with Crippen molar-refractivity contribution in [2.24, 2.45) is 0 Å². The average molecular weight is 349 g/mol. The predicted octanol–water partition coefficient (Wildman–Crippen LogP) is 3.90. The van der Waals surface area contributed by atoms with Gasteiger partial charge in [-0.1, -0.05) is 23.5 Å². The number of methoxy groups -OCH3 is 1. The summed E-state index contributed by atoms with van der Waals surface area (Å²) in [5.41, 5.74) is 0.926. The van der Waals surface area contributed by atoms with Crippen LogP contribution in [0.1, 0.15) is 5.56 Å². The monoisotopic (exact) mass is 349 g/mol. The zero-order valence-electron chi connectivity index (χ0n) is 12.6. The summed E-state index contributed by atoms with van der Waals surface area (Å²) in [4.78, 5) is 15.8. The molecule has 24 heavy (non-hydrogen) atoms. The van der Waals surface area contributed by atoms with Crippen LogP contribution in [0.25, 0.3) is 10.2 Å². The highest BCUT2D eigenvalue weighted by atomic mass is 32.1. The number of aromatic nitrogens is 1. The van der Waals surface area contributed by atoms with Crippen LogP contribution in [-0.2, 0) is 6.54 Å². The zero-order valence-corrected chi connectivity index (χ0v) is 13.4. The molecule has 0 unspecified atom stereocenters. The van der Waals surface area contributed by atoms with Gasteiger partial charge in [-0.15, -0.1) is 0 Å². The summed E-state index contributed by atoms with van der Waals surface area (Å²) < 4.78 is 32.1. The van der Waals surface area contributed by atoms with Gasteiger partial charge in [-0.2, -0.15) is 0 Å². The molecular weight excluding hydrogens is 336 g/mol. The number of nitrogens with one attached hydrogen (secondary N) is 2. The lowest BCUT2D eigenvalue weighted by Gasteiger charge is -2.06. The molecule has 124 valence electrons. The molecule has 0 atom stereocenters. The van der Waals surface area contributed by atoms with Gasteiger partial charge in [0.05, 0.1) is 11.8 Å². The predicted molar refractivity (Wildman–Crippen MR) is 88.4 cm³/mol. The van der Waals surface area contributed by atoms with Crippen molar-refractivity contribution >= 4 is 32.7 Å². The van der Waals surface area contributed by atoms with E-state index in [1.54, 1.807) is 19.2 Å². The minimum absolute atomic E-state index is 0.0341. The zero-order chi connectivity index (χ0) is 17.1. The maximum atomic E-state index is 13.6. The van der Waals surface area contributed by atoms with Crippen LogP contribution in [0.4, 0.5) is 18.7 Å². The van der Waals surface area contributed by atoms with Gasteiger partial charge in [0.2, 0.25) is 0 Å². The molecule has 0 aliphatic heterocycles. The Morgan fingerprint density at radius 2 is 2.00 bits per heavy atom. The van der Waals surface area contributed by atoms with Crippen molar-refractivity contribution in [2.45, 2.75) is 6.54 Å².